The van der Waals surface area contributed by atoms with Gasteiger partial charge in [-0.05, 0) is 43.2 Å². The topological polar surface area (TPSA) is 79.8 Å². The highest BCUT2D eigenvalue weighted by atomic mass is 35.5. The van der Waals surface area contributed by atoms with E-state index in [2.05, 4.69) is 15.8 Å². The minimum Gasteiger partial charge on any atom is -0.493 e. The molecule has 0 atom stereocenters. The summed E-state index contributed by atoms with van der Waals surface area (Å²) in [5.74, 6) is 0.0645. The van der Waals surface area contributed by atoms with E-state index in [1.54, 1.807) is 18.2 Å². The normalized spacial score (nSPS) is 10.7. The lowest BCUT2D eigenvalue weighted by Crippen LogP contribution is -2.21. The molecule has 2 rings (SSSR count). The van der Waals surface area contributed by atoms with Crippen molar-refractivity contribution in [3.05, 3.63) is 58.6 Å². The predicted molar refractivity (Wildman–Crippen MR) is 112 cm³/mol. The van der Waals surface area contributed by atoms with Gasteiger partial charge in [-0.15, -0.1) is 0 Å². The van der Waals surface area contributed by atoms with Crippen LogP contribution in [0.25, 0.3) is 0 Å². The first-order valence-corrected chi connectivity index (χ1v) is 9.47. The van der Waals surface area contributed by atoms with E-state index in [4.69, 9.17) is 16.3 Å². The summed E-state index contributed by atoms with van der Waals surface area (Å²) in [6, 6.07) is 12.7. The lowest BCUT2D eigenvalue weighted by molar-refractivity contribution is -0.124. The number of rotatable bonds is 9. The molecule has 2 aromatic rings. The molecule has 148 valence electrons. The van der Waals surface area contributed by atoms with E-state index >= 15 is 0 Å². The summed E-state index contributed by atoms with van der Waals surface area (Å²) < 4.78 is 5.63. The van der Waals surface area contributed by atoms with Gasteiger partial charge in [-0.3, -0.25) is 9.59 Å². The maximum absolute atomic E-state index is 12.0. The van der Waals surface area contributed by atoms with Crippen molar-refractivity contribution in [1.82, 2.24) is 5.43 Å². The highest BCUT2D eigenvalue weighted by molar-refractivity contribution is 6.30. The number of hydrazone groups is 1. The molecule has 0 aliphatic rings. The number of hydrogen-bond acceptors (Lipinski definition) is 4. The summed E-state index contributed by atoms with van der Waals surface area (Å²) >= 11 is 6.01. The molecular formula is C21H24ClN3O3. The third-order valence-corrected chi connectivity index (χ3v) is 4.06. The van der Waals surface area contributed by atoms with Crippen LogP contribution in [0, 0.1) is 6.92 Å². The number of nitrogens with one attached hydrogen (secondary N) is 2. The van der Waals surface area contributed by atoms with Gasteiger partial charge in [0.15, 0.2) is 0 Å². The fourth-order valence-electron chi connectivity index (χ4n) is 2.35. The Bertz CT molecular complexity index is 853. The summed E-state index contributed by atoms with van der Waals surface area (Å²) in [4.78, 5) is 23.9. The van der Waals surface area contributed by atoms with Crippen molar-refractivity contribution in [3.63, 3.8) is 0 Å². The molecule has 2 N–H and O–H groups in total. The second-order valence-electron chi connectivity index (χ2n) is 6.19. The van der Waals surface area contributed by atoms with Gasteiger partial charge >= 0.3 is 0 Å². The summed E-state index contributed by atoms with van der Waals surface area (Å²) in [6.45, 7) is 4.50. The average molecular weight is 402 g/mol. The molecule has 28 heavy (non-hydrogen) atoms. The second kappa shape index (κ2) is 11.1. The van der Waals surface area contributed by atoms with Crippen LogP contribution in [0.15, 0.2) is 47.6 Å². The quantitative estimate of drug-likeness (QED) is 0.485. The Labute approximate surface area is 169 Å². The Kier molecular flexibility index (Phi) is 8.49. The lowest BCUT2D eigenvalue weighted by atomic mass is 10.2. The molecule has 0 aliphatic carbocycles. The molecule has 0 bridgehead atoms. The minimum absolute atomic E-state index is 0.0315. The third kappa shape index (κ3) is 7.04. The molecule has 0 heterocycles. The summed E-state index contributed by atoms with van der Waals surface area (Å²) in [5, 5.41) is 7.27. The van der Waals surface area contributed by atoms with Gasteiger partial charge in [0.1, 0.15) is 5.75 Å². The monoisotopic (exact) mass is 401 g/mol. The fourth-order valence-corrected chi connectivity index (χ4v) is 2.53. The molecule has 0 aliphatic heterocycles. The van der Waals surface area contributed by atoms with Crippen molar-refractivity contribution < 1.29 is 14.3 Å². The third-order valence-electron chi connectivity index (χ3n) is 3.82. The number of halogens is 1. The number of carbonyl (C=O) groups is 2. The minimum atomic E-state index is -0.353. The van der Waals surface area contributed by atoms with E-state index in [0.29, 0.717) is 22.9 Å². The number of nitrogens with zero attached hydrogens (tertiary/aromatic N) is 1. The molecule has 2 amide bonds. The zero-order chi connectivity index (χ0) is 20.4. The number of carbonyl (C=O) groups excluding carboxylic acids is 2. The van der Waals surface area contributed by atoms with Crippen LogP contribution in [0.1, 0.15) is 37.3 Å². The van der Waals surface area contributed by atoms with Gasteiger partial charge in [-0.25, -0.2) is 5.43 Å². The molecule has 0 saturated heterocycles. The molecule has 0 saturated carbocycles. The van der Waals surface area contributed by atoms with Crippen molar-refractivity contribution in [2.24, 2.45) is 5.10 Å². The molecule has 2 aromatic carbocycles. The number of anilines is 1. The van der Waals surface area contributed by atoms with Crippen LogP contribution in [0.2, 0.25) is 5.02 Å². The first-order valence-electron chi connectivity index (χ1n) is 9.09. The first kappa shape index (κ1) is 21.4. The van der Waals surface area contributed by atoms with E-state index in [0.717, 1.165) is 17.7 Å². The van der Waals surface area contributed by atoms with E-state index in [1.807, 2.05) is 38.1 Å². The summed E-state index contributed by atoms with van der Waals surface area (Å²) in [7, 11) is 0. The van der Waals surface area contributed by atoms with E-state index < -0.39 is 0 Å². The van der Waals surface area contributed by atoms with E-state index in [-0.39, 0.29) is 24.7 Å². The number of benzene rings is 2. The molecule has 6 nitrogen and oxygen atoms in total. The number of amides is 2. The molecular weight excluding hydrogens is 378 g/mol. The maximum atomic E-state index is 12.0. The zero-order valence-electron chi connectivity index (χ0n) is 16.0. The van der Waals surface area contributed by atoms with Gasteiger partial charge in [0.25, 0.3) is 0 Å². The Balaban J connectivity index is 1.83. The van der Waals surface area contributed by atoms with Crippen molar-refractivity contribution in [2.45, 2.75) is 33.1 Å². The molecule has 0 radical (unpaired) electrons. The van der Waals surface area contributed by atoms with E-state index in [1.165, 1.54) is 6.21 Å². The van der Waals surface area contributed by atoms with Crippen molar-refractivity contribution in [1.29, 1.82) is 0 Å². The first-order chi connectivity index (χ1) is 13.5. The number of hydrogen-bond donors (Lipinski definition) is 2. The Morgan fingerprint density at radius 3 is 2.64 bits per heavy atom. The van der Waals surface area contributed by atoms with Gasteiger partial charge in [-0.1, -0.05) is 36.7 Å². The average Bonchev–Trinajstić information content (AvgIpc) is 2.67. The maximum Gasteiger partial charge on any atom is 0.240 e. The number of aryl methyl sites for hydroxylation is 1. The highest BCUT2D eigenvalue weighted by Crippen LogP contribution is 2.21. The van der Waals surface area contributed by atoms with Crippen LogP contribution in [0.4, 0.5) is 5.69 Å². The summed E-state index contributed by atoms with van der Waals surface area (Å²) in [6.07, 6.45) is 2.45. The highest BCUT2D eigenvalue weighted by Gasteiger charge is 2.08. The lowest BCUT2D eigenvalue weighted by Gasteiger charge is -2.08. The zero-order valence-corrected chi connectivity index (χ0v) is 16.8. The second-order valence-corrected chi connectivity index (χ2v) is 6.62. The fraction of sp³-hybridized carbons (Fsp3) is 0.286. The molecule has 0 spiro atoms. The molecule has 7 heteroatoms. The van der Waals surface area contributed by atoms with Gasteiger partial charge in [0, 0.05) is 29.1 Å². The van der Waals surface area contributed by atoms with Crippen LogP contribution >= 0.6 is 11.6 Å². The van der Waals surface area contributed by atoms with Crippen LogP contribution in [0.5, 0.6) is 5.75 Å². The van der Waals surface area contributed by atoms with Crippen molar-refractivity contribution in [3.8, 4) is 5.75 Å². The van der Waals surface area contributed by atoms with E-state index in [9.17, 15) is 9.59 Å². The van der Waals surface area contributed by atoms with Crippen molar-refractivity contribution in [2.75, 3.05) is 11.9 Å². The SMILES string of the molecule is CCCOc1ccc(Cl)cc1C=NNC(=O)CCC(=O)Nc1ccccc1C. The van der Waals surface area contributed by atoms with Crippen molar-refractivity contribution >= 4 is 35.3 Å². The number of ether oxygens (including phenoxy) is 1. The van der Waals surface area contributed by atoms with Gasteiger partial charge in [0.05, 0.1) is 12.8 Å². The van der Waals surface area contributed by atoms with Gasteiger partial charge in [0.2, 0.25) is 11.8 Å². The van der Waals surface area contributed by atoms with Crippen LogP contribution in [0.3, 0.4) is 0 Å². The number of para-hydroxylation sites is 1. The largest absolute Gasteiger partial charge is 0.493 e. The van der Waals surface area contributed by atoms with Crippen LogP contribution in [-0.2, 0) is 9.59 Å². The van der Waals surface area contributed by atoms with Gasteiger partial charge < -0.3 is 10.1 Å². The van der Waals surface area contributed by atoms with Crippen LogP contribution in [-0.4, -0.2) is 24.6 Å². The molecule has 0 fully saturated rings. The Morgan fingerprint density at radius 2 is 1.89 bits per heavy atom. The predicted octanol–water partition coefficient (Wildman–Crippen LogP) is 4.31. The molecule has 0 aromatic heterocycles. The summed E-state index contributed by atoms with van der Waals surface area (Å²) in [5.41, 5.74) is 4.79. The Hall–Kier alpha value is -2.86. The van der Waals surface area contributed by atoms with Gasteiger partial charge in [-0.2, -0.15) is 5.10 Å². The van der Waals surface area contributed by atoms with Crippen LogP contribution < -0.4 is 15.5 Å². The Morgan fingerprint density at radius 1 is 1.14 bits per heavy atom. The standard InChI is InChI=1S/C21H24ClN3O3/c1-3-12-28-19-9-8-17(22)13-16(19)14-23-25-21(27)11-10-20(26)24-18-7-5-4-6-15(18)2/h4-9,13-14H,3,10-12H2,1-2H3,(H,24,26)(H,25,27). The smallest absolute Gasteiger partial charge is 0.240 e. The molecule has 0 unspecified atom stereocenters.